The van der Waals surface area contributed by atoms with Gasteiger partial charge in [0.15, 0.2) is 0 Å². The Labute approximate surface area is 317 Å². The molecule has 0 spiro atoms. The molecule has 1 saturated carbocycles. The van der Waals surface area contributed by atoms with E-state index in [0.29, 0.717) is 37.4 Å². The van der Waals surface area contributed by atoms with Crippen molar-refractivity contribution in [2.24, 2.45) is 23.2 Å². The first-order valence-electron chi connectivity index (χ1n) is 18.7. The zero-order valence-corrected chi connectivity index (χ0v) is 32.2. The predicted molar refractivity (Wildman–Crippen MR) is 202 cm³/mol. The molecule has 4 aromatic rings. The highest BCUT2D eigenvalue weighted by molar-refractivity contribution is 7.10. The molecule has 2 N–H and O–H groups in total. The van der Waals surface area contributed by atoms with Gasteiger partial charge in [0.1, 0.15) is 12.1 Å². The number of aryl methyl sites for hydroxylation is 1. The van der Waals surface area contributed by atoms with E-state index < -0.39 is 66.4 Å². The van der Waals surface area contributed by atoms with Crippen LogP contribution in [0, 0.1) is 23.2 Å². The number of carbonyl (C=O) groups excluding carboxylic acids is 3. The van der Waals surface area contributed by atoms with Gasteiger partial charge in [0.2, 0.25) is 5.91 Å². The van der Waals surface area contributed by atoms with Gasteiger partial charge in [0, 0.05) is 83.4 Å². The van der Waals surface area contributed by atoms with Crippen LogP contribution in [-0.2, 0) is 43.2 Å². The maximum absolute atomic E-state index is 14.1. The summed E-state index contributed by atoms with van der Waals surface area (Å²) >= 11 is 1.38. The van der Waals surface area contributed by atoms with E-state index in [1.807, 2.05) is 24.4 Å². The zero-order chi connectivity index (χ0) is 38.3. The van der Waals surface area contributed by atoms with Crippen molar-refractivity contribution in [3.8, 4) is 22.5 Å². The third-order valence-electron chi connectivity index (χ3n) is 11.1. The molecule has 54 heavy (non-hydrogen) atoms. The molecule has 5 atom stereocenters. The lowest BCUT2D eigenvalue weighted by atomic mass is 9.84. The van der Waals surface area contributed by atoms with Crippen LogP contribution in [0.4, 0.5) is 8.78 Å². The number of methoxy groups -OCH3 is 1. The van der Waals surface area contributed by atoms with Crippen molar-refractivity contribution in [2.75, 3.05) is 33.6 Å². The summed E-state index contributed by atoms with van der Waals surface area (Å²) < 4.78 is 41.2. The van der Waals surface area contributed by atoms with Crippen molar-refractivity contribution in [1.82, 2.24) is 30.3 Å². The van der Waals surface area contributed by atoms with E-state index in [4.69, 9.17) is 19.4 Å². The summed E-state index contributed by atoms with van der Waals surface area (Å²) in [7, 11) is 1.67. The molecule has 14 heteroatoms. The van der Waals surface area contributed by atoms with Gasteiger partial charge >= 0.3 is 5.97 Å². The molecular weight excluding hydrogens is 715 g/mol. The number of amides is 2. The molecule has 7 rings (SSSR count). The molecule has 0 unspecified atom stereocenters. The van der Waals surface area contributed by atoms with Crippen molar-refractivity contribution < 1.29 is 32.6 Å². The molecule has 3 aliphatic rings. The van der Waals surface area contributed by atoms with E-state index in [-0.39, 0.29) is 19.1 Å². The number of ether oxygens (including phenoxy) is 2. The van der Waals surface area contributed by atoms with Crippen molar-refractivity contribution >= 4 is 40.0 Å². The number of pyridine rings is 1. The Kier molecular flexibility index (Phi) is 10.9. The van der Waals surface area contributed by atoms with Gasteiger partial charge in [0.05, 0.1) is 48.1 Å². The number of benzene rings is 1. The highest BCUT2D eigenvalue weighted by Gasteiger charge is 2.55. The number of hydrogen-bond donors (Lipinski definition) is 2. The van der Waals surface area contributed by atoms with Crippen LogP contribution in [-0.4, -0.2) is 83.0 Å². The lowest BCUT2D eigenvalue weighted by Crippen LogP contribution is -2.60. The van der Waals surface area contributed by atoms with Crippen LogP contribution in [0.15, 0.2) is 41.9 Å². The molecular formula is C40H48F2N6O5S. The maximum atomic E-state index is 14.1. The number of rotatable bonds is 8. The molecule has 2 fully saturated rings. The van der Waals surface area contributed by atoms with E-state index in [1.165, 1.54) is 16.3 Å². The number of cyclic esters (lactones) is 1. The summed E-state index contributed by atoms with van der Waals surface area (Å²) in [5, 5.41) is 7.75. The van der Waals surface area contributed by atoms with Crippen LogP contribution in [0.3, 0.4) is 0 Å². The molecule has 288 valence electrons. The van der Waals surface area contributed by atoms with Crippen molar-refractivity contribution in [1.29, 1.82) is 0 Å². The topological polar surface area (TPSA) is 128 Å². The third kappa shape index (κ3) is 7.27. The first-order valence-corrected chi connectivity index (χ1v) is 19.6. The Morgan fingerprint density at radius 3 is 2.70 bits per heavy atom. The SMILES string of the molecule is CCn1c(-c2cccnc2[C@H](C)OC)c2c3cc(ccc31)-c1csc(n1)C[C@H](NC(=O)C1[C@H](CF)[C@H]1CF)C(=O)N1CCC[C@H](N1)C(=O)OCC(C)(C)C2. The number of thiazole rings is 1. The Balaban J connectivity index is 1.33. The Morgan fingerprint density at radius 1 is 1.20 bits per heavy atom. The molecule has 6 bridgehead atoms. The highest BCUT2D eigenvalue weighted by Crippen LogP contribution is 2.47. The van der Waals surface area contributed by atoms with Crippen LogP contribution in [0.1, 0.15) is 62.9 Å². The normalized spacial score (nSPS) is 24.9. The summed E-state index contributed by atoms with van der Waals surface area (Å²) in [5.74, 6) is -3.73. The molecule has 2 amide bonds. The highest BCUT2D eigenvalue weighted by atomic mass is 32.1. The van der Waals surface area contributed by atoms with Gasteiger partial charge in [-0.25, -0.2) is 10.4 Å². The van der Waals surface area contributed by atoms with Crippen molar-refractivity contribution in [2.45, 2.75) is 78.1 Å². The van der Waals surface area contributed by atoms with Gasteiger partial charge in [-0.05, 0) is 62.9 Å². The molecule has 5 heterocycles. The standard InChI is InChI=1S/C40H48F2N6O5S/c1-6-47-32-12-11-23-15-25(32)26(36(47)24-9-7-13-43-35(24)22(2)52-5)17-40(3,4)21-53-39(51)29-10-8-14-48(46-29)38(50)30(16-33-44-31(23)20-54-33)45-37(49)34-27(18-41)28(34)19-42/h7,9,11-13,15,20,22,27-30,34,46H,6,8,10,14,16-19,21H2,1-5H3,(H,45,49)/t22-,27+,28+,29-,30-/m0/s1. The van der Waals surface area contributed by atoms with E-state index in [0.717, 1.165) is 44.7 Å². The van der Waals surface area contributed by atoms with Gasteiger partial charge in [-0.15, -0.1) is 11.3 Å². The maximum Gasteiger partial charge on any atom is 0.324 e. The number of nitrogens with zero attached hydrogens (tertiary/aromatic N) is 4. The van der Waals surface area contributed by atoms with Crippen LogP contribution in [0.25, 0.3) is 33.4 Å². The number of halogens is 2. The number of fused-ring (bicyclic) bond motifs is 6. The summed E-state index contributed by atoms with van der Waals surface area (Å²) in [6.45, 7) is 7.78. The third-order valence-corrected chi connectivity index (χ3v) is 12.0. The minimum Gasteiger partial charge on any atom is -0.464 e. The number of nitrogens with one attached hydrogen (secondary N) is 2. The summed E-state index contributed by atoms with van der Waals surface area (Å²) in [5.41, 5.74) is 9.14. The van der Waals surface area contributed by atoms with Crippen LogP contribution >= 0.6 is 11.3 Å². The fourth-order valence-corrected chi connectivity index (χ4v) is 8.94. The monoisotopic (exact) mass is 762 g/mol. The van der Waals surface area contributed by atoms with Gasteiger partial charge in [-0.3, -0.25) is 33.2 Å². The zero-order valence-electron chi connectivity index (χ0n) is 31.4. The lowest BCUT2D eigenvalue weighted by Gasteiger charge is -2.35. The van der Waals surface area contributed by atoms with Crippen LogP contribution in [0.2, 0.25) is 0 Å². The van der Waals surface area contributed by atoms with E-state index in [2.05, 4.69) is 54.3 Å². The Morgan fingerprint density at radius 2 is 1.98 bits per heavy atom. The number of aromatic nitrogens is 3. The first kappa shape index (κ1) is 38.0. The number of hydrazine groups is 1. The Bertz CT molecular complexity index is 2040. The predicted octanol–water partition coefficient (Wildman–Crippen LogP) is 6.00. The lowest BCUT2D eigenvalue weighted by molar-refractivity contribution is -0.155. The molecule has 1 aromatic carbocycles. The smallest absolute Gasteiger partial charge is 0.324 e. The minimum atomic E-state index is -1.07. The number of alkyl halides is 2. The quantitative estimate of drug-likeness (QED) is 0.209. The summed E-state index contributed by atoms with van der Waals surface area (Å²) in [6.07, 6.45) is 3.17. The van der Waals surface area contributed by atoms with Gasteiger partial charge in [-0.1, -0.05) is 19.9 Å². The first-order chi connectivity index (χ1) is 26.0. The van der Waals surface area contributed by atoms with Crippen molar-refractivity contribution in [3.05, 3.63) is 58.2 Å². The van der Waals surface area contributed by atoms with E-state index >= 15 is 0 Å². The van der Waals surface area contributed by atoms with E-state index in [1.54, 1.807) is 13.3 Å². The summed E-state index contributed by atoms with van der Waals surface area (Å²) in [6, 6.07) is 8.46. The molecule has 0 radical (unpaired) electrons. The molecule has 3 aromatic heterocycles. The average Bonchev–Trinajstić information content (AvgIpc) is 3.58. The second-order valence-corrected chi connectivity index (χ2v) is 16.4. The fourth-order valence-electron chi connectivity index (χ4n) is 8.09. The molecule has 11 nitrogen and oxygen atoms in total. The van der Waals surface area contributed by atoms with Gasteiger partial charge in [-0.2, -0.15) is 0 Å². The number of esters is 1. The number of hydrogen-bond acceptors (Lipinski definition) is 9. The van der Waals surface area contributed by atoms with Crippen molar-refractivity contribution in [3.63, 3.8) is 0 Å². The fraction of sp³-hybridized carbons (Fsp3) is 0.525. The van der Waals surface area contributed by atoms with E-state index in [9.17, 15) is 23.2 Å². The molecule has 2 aliphatic heterocycles. The van der Waals surface area contributed by atoms with Gasteiger partial charge < -0.3 is 19.4 Å². The molecule has 1 aliphatic carbocycles. The minimum absolute atomic E-state index is 0.0648. The van der Waals surface area contributed by atoms with Crippen LogP contribution < -0.4 is 10.7 Å². The van der Waals surface area contributed by atoms with Gasteiger partial charge in [0.25, 0.3) is 5.91 Å². The number of carbonyl (C=O) groups is 3. The largest absolute Gasteiger partial charge is 0.464 e. The second kappa shape index (κ2) is 15.5. The second-order valence-electron chi connectivity index (χ2n) is 15.4. The molecule has 1 saturated heterocycles. The average molecular weight is 763 g/mol. The summed E-state index contributed by atoms with van der Waals surface area (Å²) in [4.78, 5) is 50.7. The van der Waals surface area contributed by atoms with Crippen LogP contribution in [0.5, 0.6) is 0 Å². The Hall–Kier alpha value is -4.27.